The van der Waals surface area contributed by atoms with Gasteiger partial charge in [0.05, 0.1) is 0 Å². The van der Waals surface area contributed by atoms with Crippen molar-refractivity contribution in [1.82, 2.24) is 3.30 Å². The van der Waals surface area contributed by atoms with Gasteiger partial charge in [-0.3, -0.25) is 3.30 Å². The standard InChI is InChI=1S/HINO2P/c1-2-5(3)4/h2H/q-2. The van der Waals surface area contributed by atoms with Crippen LogP contribution in [0.5, 0.6) is 0 Å². The average molecular weight is 205 g/mol. The molecule has 0 aliphatic carbocycles. The van der Waals surface area contributed by atoms with Crippen molar-refractivity contribution in [1.29, 1.82) is 0 Å². The molecule has 0 aliphatic rings. The zero-order valence-electron chi connectivity index (χ0n) is 2.14. The van der Waals surface area contributed by atoms with Gasteiger partial charge in [0.15, 0.2) is 0 Å². The second-order valence-corrected chi connectivity index (χ2v) is 2.47. The molecule has 0 radical (unpaired) electrons. The Kier molecular flexibility index (Phi) is 3.91. The Morgan fingerprint density at radius 3 is 1.80 bits per heavy atom. The summed E-state index contributed by atoms with van der Waals surface area (Å²) in [7, 11) is -2.36. The first-order chi connectivity index (χ1) is 2.27. The van der Waals surface area contributed by atoms with Gasteiger partial charge in [0.2, 0.25) is 0 Å². The Labute approximate surface area is 44.9 Å². The van der Waals surface area contributed by atoms with E-state index in [1.165, 1.54) is 22.9 Å². The highest BCUT2D eigenvalue weighted by Crippen LogP contribution is 2.02. The second kappa shape index (κ2) is 3.24. The molecule has 0 atom stereocenters. The Morgan fingerprint density at radius 1 is 1.60 bits per heavy atom. The number of halogens is 1. The molecule has 5 heavy (non-hydrogen) atoms. The summed E-state index contributed by atoms with van der Waals surface area (Å²) in [6.07, 6.45) is 0. The molecule has 0 unspecified atom stereocenters. The molecule has 0 aromatic rings. The van der Waals surface area contributed by atoms with Crippen LogP contribution in [0.1, 0.15) is 0 Å². The van der Waals surface area contributed by atoms with Crippen LogP contribution >= 0.6 is 31.4 Å². The summed E-state index contributed by atoms with van der Waals surface area (Å²) in [5.41, 5.74) is 0. The maximum atomic E-state index is 9.29. The molecule has 0 rings (SSSR count). The molecule has 0 aromatic heterocycles. The van der Waals surface area contributed by atoms with E-state index >= 15 is 0 Å². The maximum absolute atomic E-state index is 9.29. The Hall–Kier alpha value is 1.04. The van der Waals surface area contributed by atoms with Crippen molar-refractivity contribution in [3.05, 3.63) is 0 Å². The lowest BCUT2D eigenvalue weighted by Gasteiger charge is -2.26. The predicted octanol–water partition coefficient (Wildman–Crippen LogP) is -1.13. The summed E-state index contributed by atoms with van der Waals surface area (Å²) < 4.78 is 1.95. The average Bonchev–Trinajstić information content (AvgIpc) is 1.38. The van der Waals surface area contributed by atoms with Gasteiger partial charge in [-0.2, -0.15) is 0 Å². The molecule has 0 spiro atoms. The monoisotopic (exact) mass is 205 g/mol. The highest BCUT2D eigenvalue weighted by atomic mass is 127. The molecule has 0 amide bonds. The summed E-state index contributed by atoms with van der Waals surface area (Å²) in [6.45, 7) is 0. The van der Waals surface area contributed by atoms with Crippen molar-refractivity contribution < 1.29 is 9.79 Å². The fourth-order valence-electron chi connectivity index (χ4n) is 0. The van der Waals surface area contributed by atoms with E-state index in [0.29, 0.717) is 0 Å². The van der Waals surface area contributed by atoms with Gasteiger partial charge in [0.25, 0.3) is 0 Å². The topological polar surface area (TPSA) is 58.1 Å². The summed E-state index contributed by atoms with van der Waals surface area (Å²) in [5.74, 6) is 0. The van der Waals surface area contributed by atoms with Crippen LogP contribution in [0.2, 0.25) is 0 Å². The molecule has 1 N–H and O–H groups in total. The van der Waals surface area contributed by atoms with E-state index in [9.17, 15) is 9.79 Å². The van der Waals surface area contributed by atoms with Crippen LogP contribution in [0.15, 0.2) is 0 Å². The first-order valence-electron chi connectivity index (χ1n) is 0.778. The number of nitrogens with one attached hydrogen (secondary N) is 1. The predicted molar refractivity (Wildman–Crippen MR) is 24.1 cm³/mol. The van der Waals surface area contributed by atoms with E-state index < -0.39 is 8.53 Å². The van der Waals surface area contributed by atoms with Gasteiger partial charge >= 0.3 is 0 Å². The van der Waals surface area contributed by atoms with E-state index in [4.69, 9.17) is 0 Å². The third-order valence-electron chi connectivity index (χ3n) is 0.0690. The van der Waals surface area contributed by atoms with Gasteiger partial charge in [-0.05, 0) is 0 Å². The number of hydrogen-bond donors (Lipinski definition) is 1. The molecular weight excluding hydrogens is 204 g/mol. The number of hydrogen-bond acceptors (Lipinski definition) is 3. The quantitative estimate of drug-likeness (QED) is 0.335. The van der Waals surface area contributed by atoms with Crippen molar-refractivity contribution in [3.63, 3.8) is 0 Å². The third-order valence-corrected chi connectivity index (χ3v) is 1.39. The van der Waals surface area contributed by atoms with Crippen molar-refractivity contribution in [3.8, 4) is 0 Å². The molecular formula is HINO2P-2. The fraction of sp³-hybridized carbons (Fsp3) is 0. The van der Waals surface area contributed by atoms with Crippen LogP contribution in [-0.4, -0.2) is 0 Å². The molecule has 0 saturated carbocycles. The van der Waals surface area contributed by atoms with E-state index in [-0.39, 0.29) is 0 Å². The number of rotatable bonds is 1. The third kappa shape index (κ3) is 5.04. The van der Waals surface area contributed by atoms with Crippen molar-refractivity contribution >= 4 is 31.4 Å². The zero-order chi connectivity index (χ0) is 4.28. The first-order valence-corrected chi connectivity index (χ1v) is 3.03. The van der Waals surface area contributed by atoms with Crippen LogP contribution in [0, 0.1) is 0 Å². The minimum atomic E-state index is -2.36. The van der Waals surface area contributed by atoms with E-state index in [0.717, 1.165) is 0 Å². The van der Waals surface area contributed by atoms with Gasteiger partial charge in [-0.1, -0.05) is 0 Å². The SMILES string of the molecule is [O-]P([O-])NI. The largest absolute Gasteiger partial charge is 0.829 e. The van der Waals surface area contributed by atoms with Gasteiger partial charge in [-0.15, -0.1) is 0 Å². The normalized spacial score (nSPS) is 9.60. The zero-order valence-corrected chi connectivity index (χ0v) is 5.19. The van der Waals surface area contributed by atoms with E-state index in [1.807, 2.05) is 3.30 Å². The van der Waals surface area contributed by atoms with E-state index in [2.05, 4.69) is 0 Å². The highest BCUT2D eigenvalue weighted by molar-refractivity contribution is 14.1. The summed E-state index contributed by atoms with van der Waals surface area (Å²) in [5, 5.41) is 0. The molecule has 0 aliphatic heterocycles. The van der Waals surface area contributed by atoms with Gasteiger partial charge in [0, 0.05) is 22.9 Å². The Morgan fingerprint density at radius 2 is 1.80 bits per heavy atom. The molecule has 0 heterocycles. The smallest absolute Gasteiger partial charge is 0.0187 e. The summed E-state index contributed by atoms with van der Waals surface area (Å²) in [4.78, 5) is 18.6. The Bertz CT molecular complexity index is 23.6. The van der Waals surface area contributed by atoms with Gasteiger partial charge in [0.1, 0.15) is 0 Å². The van der Waals surface area contributed by atoms with Gasteiger partial charge in [-0.25, -0.2) is 8.53 Å². The lowest BCUT2D eigenvalue weighted by molar-refractivity contribution is -0.293. The van der Waals surface area contributed by atoms with Crippen LogP contribution in [0.25, 0.3) is 0 Å². The van der Waals surface area contributed by atoms with Crippen LogP contribution in [0.4, 0.5) is 0 Å². The molecule has 0 saturated heterocycles. The van der Waals surface area contributed by atoms with Crippen molar-refractivity contribution in [2.75, 3.05) is 0 Å². The molecule has 0 fully saturated rings. The highest BCUT2D eigenvalue weighted by Gasteiger charge is 1.52. The first kappa shape index (κ1) is 6.04. The molecule has 5 heteroatoms. The maximum Gasteiger partial charge on any atom is 0.0187 e. The van der Waals surface area contributed by atoms with Crippen LogP contribution < -0.4 is 13.1 Å². The van der Waals surface area contributed by atoms with Crippen LogP contribution in [-0.2, 0) is 0 Å². The van der Waals surface area contributed by atoms with Crippen molar-refractivity contribution in [2.24, 2.45) is 0 Å². The fourth-order valence-corrected chi connectivity index (χ4v) is 0. The minimum absolute atomic E-state index is 1.53. The lowest BCUT2D eigenvalue weighted by atomic mass is 13.9. The van der Waals surface area contributed by atoms with Gasteiger partial charge < -0.3 is 9.79 Å². The second-order valence-electron chi connectivity index (χ2n) is 0.342. The van der Waals surface area contributed by atoms with E-state index in [1.54, 1.807) is 0 Å². The summed E-state index contributed by atoms with van der Waals surface area (Å²) >= 11 is 1.53. The summed E-state index contributed by atoms with van der Waals surface area (Å²) in [6, 6.07) is 0. The van der Waals surface area contributed by atoms with Crippen LogP contribution in [0.3, 0.4) is 0 Å². The lowest BCUT2D eigenvalue weighted by Crippen LogP contribution is -2.14. The molecule has 0 aromatic carbocycles. The molecule has 3 nitrogen and oxygen atoms in total. The molecule has 32 valence electrons. The van der Waals surface area contributed by atoms with Crippen molar-refractivity contribution in [2.45, 2.75) is 0 Å². The molecule has 0 bridgehead atoms. The minimum Gasteiger partial charge on any atom is -0.829 e. The Balaban J connectivity index is 2.54.